The molecule has 4 aromatic rings. The largest absolute Gasteiger partial charge is 0.361 e. The van der Waals surface area contributed by atoms with Crippen LogP contribution in [0, 0.1) is 11.5 Å². The molecule has 34 heavy (non-hydrogen) atoms. The van der Waals surface area contributed by atoms with Gasteiger partial charge in [-0.15, -0.1) is 16.3 Å². The van der Waals surface area contributed by atoms with Crippen LogP contribution in [0.5, 0.6) is 0 Å². The average molecular weight is 471 g/mol. The van der Waals surface area contributed by atoms with E-state index in [0.717, 1.165) is 28.2 Å². The summed E-state index contributed by atoms with van der Waals surface area (Å²) in [5.74, 6) is 1.37. The van der Waals surface area contributed by atoms with Crippen LogP contribution in [0.3, 0.4) is 0 Å². The third kappa shape index (κ3) is 4.33. The van der Waals surface area contributed by atoms with Gasteiger partial charge in [0.05, 0.1) is 10.7 Å². The molecule has 9 nitrogen and oxygen atoms in total. The number of para-hydroxylation sites is 1. The van der Waals surface area contributed by atoms with E-state index >= 15 is 0 Å². The van der Waals surface area contributed by atoms with Crippen molar-refractivity contribution in [1.82, 2.24) is 14.5 Å². The molecule has 1 saturated carbocycles. The van der Waals surface area contributed by atoms with E-state index in [1.165, 1.54) is 0 Å². The van der Waals surface area contributed by atoms with E-state index in [1.807, 2.05) is 79.8 Å². The fraction of sp³-hybridized carbons (Fsp3) is 0.208. The maximum atomic E-state index is 13.1. The first-order valence-electron chi connectivity index (χ1n) is 10.8. The number of thiazole rings is 1. The Balaban J connectivity index is 1.54. The Morgan fingerprint density at radius 1 is 1.12 bits per heavy atom. The van der Waals surface area contributed by atoms with Crippen molar-refractivity contribution in [3.8, 4) is 11.9 Å². The molecule has 2 N–H and O–H groups in total. The summed E-state index contributed by atoms with van der Waals surface area (Å²) in [6, 6.07) is 16.7. The monoisotopic (exact) mass is 470 g/mol. The van der Waals surface area contributed by atoms with Crippen molar-refractivity contribution in [3.63, 3.8) is 0 Å². The summed E-state index contributed by atoms with van der Waals surface area (Å²) < 4.78 is 2.43. The van der Waals surface area contributed by atoms with Gasteiger partial charge in [0.15, 0.2) is 11.5 Å². The first kappa shape index (κ1) is 21.6. The van der Waals surface area contributed by atoms with Crippen molar-refractivity contribution in [2.24, 2.45) is 4.99 Å². The molecule has 0 unspecified atom stereocenters. The molecule has 1 aliphatic rings. The first-order valence-corrected chi connectivity index (χ1v) is 11.6. The van der Waals surface area contributed by atoms with Crippen LogP contribution >= 0.6 is 11.3 Å². The molecule has 2 aromatic heterocycles. The summed E-state index contributed by atoms with van der Waals surface area (Å²) in [7, 11) is 3.75. The van der Waals surface area contributed by atoms with Crippen LogP contribution in [0.2, 0.25) is 0 Å². The van der Waals surface area contributed by atoms with Gasteiger partial charge in [-0.05, 0) is 43.2 Å². The number of anilines is 3. The van der Waals surface area contributed by atoms with Crippen LogP contribution in [0.1, 0.15) is 23.8 Å². The second-order valence-electron chi connectivity index (χ2n) is 8.15. The Morgan fingerprint density at radius 2 is 1.85 bits per heavy atom. The molecule has 0 radical (unpaired) electrons. The standard InChI is InChI=1S/C24H22N8OS/c1-31(2)20-19-21(29-22(34-19)15-11-12-15)32(24(33)30-20)18-10-6-9-17(13-18)28-23(26-14-25)27-16-7-4-3-5-8-16/h3-10,13,15H,11-12H2,1-2H3,(H2,26,27,28). The van der Waals surface area contributed by atoms with Crippen molar-refractivity contribution in [3.05, 3.63) is 70.1 Å². The number of aromatic nitrogens is 3. The minimum atomic E-state index is -0.394. The maximum Gasteiger partial charge on any atom is 0.355 e. The van der Waals surface area contributed by atoms with Crippen molar-refractivity contribution >= 4 is 44.8 Å². The summed E-state index contributed by atoms with van der Waals surface area (Å²) in [5.41, 5.74) is 2.29. The summed E-state index contributed by atoms with van der Waals surface area (Å²) in [6.07, 6.45) is 4.07. The highest BCUT2D eigenvalue weighted by Crippen LogP contribution is 2.44. The van der Waals surface area contributed by atoms with Crippen molar-refractivity contribution in [1.29, 1.82) is 5.26 Å². The molecule has 2 heterocycles. The molecule has 5 rings (SSSR count). The maximum absolute atomic E-state index is 13.1. The van der Waals surface area contributed by atoms with Gasteiger partial charge in [0.1, 0.15) is 4.70 Å². The third-order valence-corrected chi connectivity index (χ3v) is 6.55. The van der Waals surface area contributed by atoms with Gasteiger partial charge in [0, 0.05) is 31.4 Å². The van der Waals surface area contributed by atoms with E-state index in [-0.39, 0.29) is 5.96 Å². The second-order valence-corrected chi connectivity index (χ2v) is 9.18. The van der Waals surface area contributed by atoms with Crippen LogP contribution < -0.4 is 21.2 Å². The average Bonchev–Trinajstić information content (AvgIpc) is 3.58. The number of nitrogens with one attached hydrogen (secondary N) is 2. The molecule has 0 atom stereocenters. The predicted molar refractivity (Wildman–Crippen MR) is 136 cm³/mol. The number of nitrogens with zero attached hydrogens (tertiary/aromatic N) is 6. The molecule has 2 aromatic carbocycles. The fourth-order valence-electron chi connectivity index (χ4n) is 3.60. The van der Waals surface area contributed by atoms with Gasteiger partial charge >= 0.3 is 5.69 Å². The molecule has 10 heteroatoms. The Morgan fingerprint density at radius 3 is 2.56 bits per heavy atom. The molecular weight excluding hydrogens is 448 g/mol. The molecule has 0 spiro atoms. The summed E-state index contributed by atoms with van der Waals surface area (Å²) >= 11 is 1.61. The van der Waals surface area contributed by atoms with Crippen LogP contribution in [-0.4, -0.2) is 34.6 Å². The van der Waals surface area contributed by atoms with Crippen LogP contribution in [0.4, 0.5) is 17.2 Å². The van der Waals surface area contributed by atoms with E-state index in [2.05, 4.69) is 20.6 Å². The van der Waals surface area contributed by atoms with Crippen molar-refractivity contribution < 1.29 is 0 Å². The van der Waals surface area contributed by atoms with Crippen LogP contribution in [0.25, 0.3) is 16.0 Å². The lowest BCUT2D eigenvalue weighted by atomic mass is 10.2. The first-order chi connectivity index (χ1) is 16.5. The fourth-order valence-corrected chi connectivity index (χ4v) is 4.89. The molecule has 0 aliphatic heterocycles. The molecule has 1 fully saturated rings. The predicted octanol–water partition coefficient (Wildman–Crippen LogP) is 4.15. The highest BCUT2D eigenvalue weighted by atomic mass is 32.1. The molecule has 1 aliphatic carbocycles. The Kier molecular flexibility index (Phi) is 5.69. The molecule has 0 bridgehead atoms. The number of guanidine groups is 1. The van der Waals surface area contributed by atoms with E-state index in [0.29, 0.717) is 28.8 Å². The van der Waals surface area contributed by atoms with Gasteiger partial charge in [-0.1, -0.05) is 24.3 Å². The number of hydrogen-bond acceptors (Lipinski definition) is 7. The molecule has 0 saturated heterocycles. The van der Waals surface area contributed by atoms with Crippen LogP contribution in [-0.2, 0) is 0 Å². The summed E-state index contributed by atoms with van der Waals surface area (Å²) in [6.45, 7) is 0. The quantitative estimate of drug-likeness (QED) is 0.256. The van der Waals surface area contributed by atoms with E-state index < -0.39 is 5.69 Å². The normalized spacial score (nSPS) is 13.5. The van der Waals surface area contributed by atoms with Gasteiger partial charge in [0.2, 0.25) is 12.2 Å². The van der Waals surface area contributed by atoms with Gasteiger partial charge < -0.3 is 15.5 Å². The lowest BCUT2D eigenvalue weighted by molar-refractivity contribution is 0.921. The second kappa shape index (κ2) is 8.96. The number of rotatable bonds is 5. The zero-order chi connectivity index (χ0) is 23.7. The zero-order valence-electron chi connectivity index (χ0n) is 18.7. The number of fused-ring (bicyclic) bond motifs is 1. The zero-order valence-corrected chi connectivity index (χ0v) is 19.5. The lowest BCUT2D eigenvalue weighted by Crippen LogP contribution is -2.26. The Bertz CT molecular complexity index is 1480. The lowest BCUT2D eigenvalue weighted by Gasteiger charge is -2.15. The summed E-state index contributed by atoms with van der Waals surface area (Å²) in [5, 5.41) is 16.4. The van der Waals surface area contributed by atoms with Gasteiger partial charge in [-0.2, -0.15) is 10.2 Å². The topological polar surface area (TPSA) is 111 Å². The van der Waals surface area contributed by atoms with E-state index in [4.69, 9.17) is 10.2 Å². The van der Waals surface area contributed by atoms with Crippen molar-refractivity contribution in [2.45, 2.75) is 18.8 Å². The molecular formula is C24H22N8OS. The van der Waals surface area contributed by atoms with Crippen LogP contribution in [0.15, 0.2) is 64.4 Å². The highest BCUT2D eigenvalue weighted by Gasteiger charge is 2.29. The van der Waals surface area contributed by atoms with Crippen molar-refractivity contribution in [2.75, 3.05) is 29.6 Å². The minimum absolute atomic E-state index is 0.272. The number of nitriles is 1. The molecule has 0 amide bonds. The number of hydrogen-bond donors (Lipinski definition) is 2. The summed E-state index contributed by atoms with van der Waals surface area (Å²) in [4.78, 5) is 28.0. The van der Waals surface area contributed by atoms with Gasteiger partial charge in [-0.25, -0.2) is 14.3 Å². The Hall–Kier alpha value is -4.23. The SMILES string of the molecule is CN(C)c1nc(=O)n(-c2cccc(N/C(=N/C#N)Nc3ccccc3)c2)c2nc(C3CC3)sc12. The highest BCUT2D eigenvalue weighted by molar-refractivity contribution is 7.19. The minimum Gasteiger partial charge on any atom is -0.361 e. The number of aliphatic imine (C=N–C) groups is 1. The van der Waals surface area contributed by atoms with Gasteiger partial charge in [-0.3, -0.25) is 0 Å². The van der Waals surface area contributed by atoms with Gasteiger partial charge in [0.25, 0.3) is 0 Å². The third-order valence-electron chi connectivity index (χ3n) is 5.35. The number of benzene rings is 2. The molecule has 170 valence electrons. The smallest absolute Gasteiger partial charge is 0.355 e. The Labute approximate surface area is 200 Å². The van der Waals surface area contributed by atoms with E-state index in [9.17, 15) is 4.79 Å². The van der Waals surface area contributed by atoms with E-state index in [1.54, 1.807) is 15.9 Å².